The van der Waals surface area contributed by atoms with Gasteiger partial charge in [0.05, 0.1) is 23.9 Å². The molecule has 43 heavy (non-hydrogen) atoms. The SMILES string of the molecule is Cc1csc(C2CCCN2C(=O)c2cc(C(=O)NC(Cc3cccc(F)c3)C(O)C3CCCN3)cc(N3CCCN3)c2)n1. The maximum absolute atomic E-state index is 14.0. The van der Waals surface area contributed by atoms with Crippen molar-refractivity contribution in [2.45, 2.75) is 69.7 Å². The highest BCUT2D eigenvalue weighted by molar-refractivity contribution is 7.09. The Morgan fingerprint density at radius 1 is 1.12 bits per heavy atom. The van der Waals surface area contributed by atoms with E-state index in [1.807, 2.05) is 28.3 Å². The van der Waals surface area contributed by atoms with Gasteiger partial charge in [-0.1, -0.05) is 12.1 Å². The van der Waals surface area contributed by atoms with Crippen molar-refractivity contribution in [3.05, 3.63) is 81.1 Å². The van der Waals surface area contributed by atoms with Gasteiger partial charge in [-0.05, 0) is 87.9 Å². The van der Waals surface area contributed by atoms with E-state index in [0.717, 1.165) is 68.1 Å². The lowest BCUT2D eigenvalue weighted by molar-refractivity contribution is 0.0733. The number of rotatable bonds is 9. The number of hydrogen-bond donors (Lipinski definition) is 4. The molecule has 4 atom stereocenters. The first-order valence-electron chi connectivity index (χ1n) is 15.2. The number of aliphatic hydroxyl groups is 1. The van der Waals surface area contributed by atoms with Gasteiger partial charge >= 0.3 is 0 Å². The number of amides is 2. The molecule has 6 rings (SSSR count). The third kappa shape index (κ3) is 6.75. The van der Waals surface area contributed by atoms with Crippen molar-refractivity contribution in [1.29, 1.82) is 0 Å². The van der Waals surface area contributed by atoms with Gasteiger partial charge in [0.25, 0.3) is 11.8 Å². The average Bonchev–Trinajstić information content (AvgIpc) is 3.83. The van der Waals surface area contributed by atoms with E-state index in [2.05, 4.69) is 21.0 Å². The van der Waals surface area contributed by atoms with Crippen LogP contribution in [-0.2, 0) is 6.42 Å². The lowest BCUT2D eigenvalue weighted by Crippen LogP contribution is -2.52. The summed E-state index contributed by atoms with van der Waals surface area (Å²) < 4.78 is 14.0. The van der Waals surface area contributed by atoms with E-state index in [9.17, 15) is 19.1 Å². The maximum atomic E-state index is 14.0. The topological polar surface area (TPSA) is 110 Å². The molecule has 1 aromatic heterocycles. The van der Waals surface area contributed by atoms with Gasteiger partial charge in [0, 0.05) is 47.9 Å². The molecule has 2 amide bonds. The van der Waals surface area contributed by atoms with Crippen LogP contribution in [0.1, 0.15) is 75.1 Å². The first kappa shape index (κ1) is 29.7. The van der Waals surface area contributed by atoms with Crippen molar-refractivity contribution in [2.24, 2.45) is 0 Å². The Morgan fingerprint density at radius 2 is 1.98 bits per heavy atom. The van der Waals surface area contributed by atoms with Crippen LogP contribution in [0.2, 0.25) is 0 Å². The molecule has 228 valence electrons. The molecule has 11 heteroatoms. The fourth-order valence-corrected chi connectivity index (χ4v) is 7.38. The number of nitrogens with zero attached hydrogens (tertiary/aromatic N) is 3. The van der Waals surface area contributed by atoms with Crippen LogP contribution in [0.4, 0.5) is 10.1 Å². The molecule has 3 fully saturated rings. The Bertz CT molecular complexity index is 1450. The molecule has 0 aliphatic carbocycles. The number of aromatic nitrogens is 1. The third-order valence-electron chi connectivity index (χ3n) is 8.62. The van der Waals surface area contributed by atoms with Crippen LogP contribution in [0.3, 0.4) is 0 Å². The fourth-order valence-electron chi connectivity index (χ4n) is 6.44. The number of aliphatic hydroxyl groups excluding tert-OH is 1. The zero-order valence-corrected chi connectivity index (χ0v) is 25.2. The van der Waals surface area contributed by atoms with E-state index >= 15 is 0 Å². The van der Waals surface area contributed by atoms with Crippen molar-refractivity contribution in [1.82, 2.24) is 25.9 Å². The monoisotopic (exact) mass is 606 g/mol. The molecule has 0 saturated carbocycles. The van der Waals surface area contributed by atoms with Gasteiger partial charge in [0.2, 0.25) is 0 Å². The number of aryl methyl sites for hydroxylation is 1. The second-order valence-electron chi connectivity index (χ2n) is 11.8. The van der Waals surface area contributed by atoms with Crippen LogP contribution < -0.4 is 21.1 Å². The van der Waals surface area contributed by atoms with Crippen LogP contribution in [0.25, 0.3) is 0 Å². The van der Waals surface area contributed by atoms with Gasteiger partial charge in [0.1, 0.15) is 10.8 Å². The fraction of sp³-hybridized carbons (Fsp3) is 0.469. The van der Waals surface area contributed by atoms with Crippen molar-refractivity contribution in [3.8, 4) is 0 Å². The van der Waals surface area contributed by atoms with Gasteiger partial charge in [-0.15, -0.1) is 11.3 Å². The van der Waals surface area contributed by atoms with E-state index in [1.165, 1.54) is 12.1 Å². The summed E-state index contributed by atoms with van der Waals surface area (Å²) in [6.45, 7) is 4.97. The second-order valence-corrected chi connectivity index (χ2v) is 12.7. The highest BCUT2D eigenvalue weighted by Gasteiger charge is 2.34. The summed E-state index contributed by atoms with van der Waals surface area (Å²) in [7, 11) is 0. The molecule has 3 aromatic rings. The molecule has 2 aromatic carbocycles. The Morgan fingerprint density at radius 3 is 2.70 bits per heavy atom. The van der Waals surface area contributed by atoms with E-state index in [0.29, 0.717) is 23.2 Å². The number of hydrazine groups is 1. The number of benzene rings is 2. The highest BCUT2D eigenvalue weighted by atomic mass is 32.1. The van der Waals surface area contributed by atoms with Crippen LogP contribution in [0.5, 0.6) is 0 Å². The number of carbonyl (C=O) groups excluding carboxylic acids is 2. The smallest absolute Gasteiger partial charge is 0.254 e. The highest BCUT2D eigenvalue weighted by Crippen LogP contribution is 2.35. The number of hydrogen-bond acceptors (Lipinski definition) is 8. The van der Waals surface area contributed by atoms with E-state index in [4.69, 9.17) is 0 Å². The molecule has 3 saturated heterocycles. The zero-order chi connectivity index (χ0) is 29.9. The number of halogens is 1. The molecular formula is C32H39FN6O3S. The van der Waals surface area contributed by atoms with Crippen molar-refractivity contribution >= 4 is 28.8 Å². The Kier molecular flexibility index (Phi) is 9.03. The van der Waals surface area contributed by atoms with E-state index < -0.39 is 12.1 Å². The summed E-state index contributed by atoms with van der Waals surface area (Å²) >= 11 is 1.58. The number of carbonyl (C=O) groups is 2. The van der Waals surface area contributed by atoms with Crippen LogP contribution in [-0.4, -0.2) is 71.2 Å². The van der Waals surface area contributed by atoms with Crippen LogP contribution >= 0.6 is 11.3 Å². The minimum atomic E-state index is -0.869. The first-order chi connectivity index (χ1) is 20.9. The summed E-state index contributed by atoms with van der Waals surface area (Å²) in [6.07, 6.45) is 3.83. The maximum Gasteiger partial charge on any atom is 0.254 e. The molecule has 4 unspecified atom stereocenters. The van der Waals surface area contributed by atoms with Crippen LogP contribution in [0.15, 0.2) is 47.8 Å². The van der Waals surface area contributed by atoms with E-state index in [-0.39, 0.29) is 36.1 Å². The second kappa shape index (κ2) is 13.1. The van der Waals surface area contributed by atoms with Gasteiger partial charge in [-0.25, -0.2) is 14.8 Å². The predicted molar refractivity (Wildman–Crippen MR) is 165 cm³/mol. The zero-order valence-electron chi connectivity index (χ0n) is 24.4. The number of likely N-dealkylation sites (tertiary alicyclic amines) is 1. The molecule has 9 nitrogen and oxygen atoms in total. The lowest BCUT2D eigenvalue weighted by Gasteiger charge is -2.29. The number of nitrogens with one attached hydrogen (secondary N) is 3. The molecule has 3 aliphatic heterocycles. The van der Waals surface area contributed by atoms with Crippen LogP contribution in [0, 0.1) is 12.7 Å². The largest absolute Gasteiger partial charge is 0.389 e. The molecule has 4 N–H and O–H groups in total. The lowest BCUT2D eigenvalue weighted by atomic mass is 9.95. The van der Waals surface area contributed by atoms with Gasteiger partial charge in [0.15, 0.2) is 0 Å². The summed E-state index contributed by atoms with van der Waals surface area (Å²) in [6, 6.07) is 10.6. The Labute approximate surface area is 255 Å². The standard InChI is InChI=1S/C32H39FN6O3S/c1-20-19-43-31(36-20)28-9-4-12-38(28)32(42)23-16-22(17-25(18-23)39-13-5-11-35-39)30(41)37-27(29(40)26-8-3-10-34-26)15-21-6-2-7-24(33)14-21/h2,6-7,14,16-19,26-29,34-35,40H,3-5,8-13,15H2,1H3,(H,37,41). The Hall–Kier alpha value is -3.38. The van der Waals surface area contributed by atoms with Crippen molar-refractivity contribution < 1.29 is 19.1 Å². The average molecular weight is 607 g/mol. The van der Waals surface area contributed by atoms with Gasteiger partial charge in [-0.3, -0.25) is 9.59 Å². The molecule has 3 aliphatic rings. The van der Waals surface area contributed by atoms with Crippen molar-refractivity contribution in [3.63, 3.8) is 0 Å². The van der Waals surface area contributed by atoms with Crippen molar-refractivity contribution in [2.75, 3.05) is 31.2 Å². The van der Waals surface area contributed by atoms with E-state index in [1.54, 1.807) is 35.6 Å². The quantitative estimate of drug-likeness (QED) is 0.294. The number of thiazole rings is 1. The number of anilines is 1. The molecule has 4 heterocycles. The minimum absolute atomic E-state index is 0.0817. The summed E-state index contributed by atoms with van der Waals surface area (Å²) in [5, 5.41) is 22.6. The molecule has 0 spiro atoms. The summed E-state index contributed by atoms with van der Waals surface area (Å²) in [4.78, 5) is 34.4. The molecule has 0 radical (unpaired) electrons. The van der Waals surface area contributed by atoms with Gasteiger partial charge in [-0.2, -0.15) is 0 Å². The summed E-state index contributed by atoms with van der Waals surface area (Å²) in [5.41, 5.74) is 6.49. The normalized spacial score (nSPS) is 21.7. The Balaban J connectivity index is 1.29. The minimum Gasteiger partial charge on any atom is -0.389 e. The first-order valence-corrected chi connectivity index (χ1v) is 16.1. The van der Waals surface area contributed by atoms with Gasteiger partial charge < -0.3 is 25.6 Å². The third-order valence-corrected chi connectivity index (χ3v) is 9.68. The molecule has 0 bridgehead atoms. The predicted octanol–water partition coefficient (Wildman–Crippen LogP) is 3.74. The summed E-state index contributed by atoms with van der Waals surface area (Å²) in [5.74, 6) is -0.878. The molecular weight excluding hydrogens is 567 g/mol.